The van der Waals surface area contributed by atoms with Crippen LogP contribution in [0.15, 0.2) is 61.1 Å². The molecular formula is C27H24F3N5O4. The highest BCUT2D eigenvalue weighted by Crippen LogP contribution is 2.37. The predicted octanol–water partition coefficient (Wildman–Crippen LogP) is 5.16. The van der Waals surface area contributed by atoms with Crippen molar-refractivity contribution in [1.29, 1.82) is 0 Å². The van der Waals surface area contributed by atoms with Crippen molar-refractivity contribution in [2.45, 2.75) is 12.1 Å². The lowest BCUT2D eigenvalue weighted by Gasteiger charge is -2.39. The number of nitrogens with zero attached hydrogens (tertiary/aromatic N) is 4. The Hall–Kier alpha value is -4.45. The number of ether oxygens (including phenoxy) is 3. The summed E-state index contributed by atoms with van der Waals surface area (Å²) in [4.78, 5) is 25.9. The van der Waals surface area contributed by atoms with E-state index in [4.69, 9.17) is 14.2 Å². The number of halogens is 3. The SMILES string of the molecule is COCC(=O)N1CC(c2ccc3ncnc(Nc4ccc(Oc5ccc(C(F)(F)F)nc5)c(OC)c4)c3c2)C1. The normalized spacial score (nSPS) is 13.7. The van der Waals surface area contributed by atoms with E-state index >= 15 is 0 Å². The van der Waals surface area contributed by atoms with Gasteiger partial charge < -0.3 is 24.4 Å². The zero-order valence-corrected chi connectivity index (χ0v) is 21.0. The highest BCUT2D eigenvalue weighted by atomic mass is 19.4. The topological polar surface area (TPSA) is 98.7 Å². The molecule has 0 radical (unpaired) electrons. The first kappa shape index (κ1) is 26.2. The van der Waals surface area contributed by atoms with Crippen LogP contribution in [0.5, 0.6) is 17.2 Å². The van der Waals surface area contributed by atoms with Crippen LogP contribution in [-0.2, 0) is 15.7 Å². The largest absolute Gasteiger partial charge is 0.493 e. The monoisotopic (exact) mass is 539 g/mol. The molecule has 2 aromatic heterocycles. The standard InChI is InChI=1S/C27H24F3N5O4/c1-37-14-25(36)35-12-17(13-35)16-3-6-21-20(9-16)26(33-15-32-21)34-18-4-7-22(23(10-18)38-2)39-19-5-8-24(31-11-19)27(28,29)30/h3-11,15,17H,12-14H2,1-2H3,(H,32,33,34). The van der Waals surface area contributed by atoms with Crippen LogP contribution in [0.1, 0.15) is 17.2 Å². The van der Waals surface area contributed by atoms with Gasteiger partial charge in [0.1, 0.15) is 30.2 Å². The molecule has 1 N–H and O–H groups in total. The number of fused-ring (bicyclic) bond motifs is 1. The van der Waals surface area contributed by atoms with Gasteiger partial charge in [-0.05, 0) is 42.0 Å². The lowest BCUT2D eigenvalue weighted by molar-refractivity contribution is -0.141. The summed E-state index contributed by atoms with van der Waals surface area (Å²) in [6, 6.07) is 13.1. The van der Waals surface area contributed by atoms with Crippen LogP contribution in [0.3, 0.4) is 0 Å². The highest BCUT2D eigenvalue weighted by molar-refractivity contribution is 5.91. The number of pyridine rings is 1. The molecule has 12 heteroatoms. The second kappa shape index (κ2) is 10.7. The lowest BCUT2D eigenvalue weighted by Crippen LogP contribution is -2.49. The van der Waals surface area contributed by atoms with E-state index in [9.17, 15) is 18.0 Å². The van der Waals surface area contributed by atoms with Crippen molar-refractivity contribution < 1.29 is 32.2 Å². The molecular weight excluding hydrogens is 515 g/mol. The van der Waals surface area contributed by atoms with Gasteiger partial charge >= 0.3 is 6.18 Å². The molecule has 39 heavy (non-hydrogen) atoms. The molecule has 1 amide bonds. The molecule has 0 spiro atoms. The summed E-state index contributed by atoms with van der Waals surface area (Å²) < 4.78 is 54.4. The third kappa shape index (κ3) is 5.70. The van der Waals surface area contributed by atoms with E-state index in [1.54, 1.807) is 23.1 Å². The minimum Gasteiger partial charge on any atom is -0.493 e. The maximum atomic E-state index is 12.8. The van der Waals surface area contributed by atoms with E-state index in [0.717, 1.165) is 28.7 Å². The Morgan fingerprint density at radius 3 is 2.54 bits per heavy atom. The summed E-state index contributed by atoms with van der Waals surface area (Å²) >= 11 is 0. The van der Waals surface area contributed by atoms with Crippen LogP contribution < -0.4 is 14.8 Å². The van der Waals surface area contributed by atoms with Crippen molar-refractivity contribution in [3.05, 3.63) is 72.3 Å². The molecule has 1 saturated heterocycles. The molecule has 0 bridgehead atoms. The number of nitrogens with one attached hydrogen (secondary N) is 1. The third-order valence-corrected chi connectivity index (χ3v) is 6.31. The van der Waals surface area contributed by atoms with Crippen LogP contribution in [0.25, 0.3) is 10.9 Å². The first-order valence-corrected chi connectivity index (χ1v) is 11.9. The van der Waals surface area contributed by atoms with Crippen molar-refractivity contribution >= 4 is 28.3 Å². The maximum Gasteiger partial charge on any atom is 0.433 e. The summed E-state index contributed by atoms with van der Waals surface area (Å²) in [5, 5.41) is 4.09. The van der Waals surface area contributed by atoms with Gasteiger partial charge in [0, 0.05) is 43.3 Å². The van der Waals surface area contributed by atoms with Crippen LogP contribution in [0.2, 0.25) is 0 Å². The number of methoxy groups -OCH3 is 2. The molecule has 5 rings (SSSR count). The van der Waals surface area contributed by atoms with E-state index < -0.39 is 11.9 Å². The third-order valence-electron chi connectivity index (χ3n) is 6.31. The lowest BCUT2D eigenvalue weighted by atomic mass is 9.90. The smallest absolute Gasteiger partial charge is 0.433 e. The Morgan fingerprint density at radius 2 is 1.85 bits per heavy atom. The Morgan fingerprint density at radius 1 is 1.03 bits per heavy atom. The minimum absolute atomic E-state index is 0.0313. The molecule has 1 aliphatic heterocycles. The van der Waals surface area contributed by atoms with Crippen LogP contribution >= 0.6 is 0 Å². The summed E-state index contributed by atoms with van der Waals surface area (Å²) in [6.45, 7) is 1.31. The average molecular weight is 540 g/mol. The molecule has 1 fully saturated rings. The van der Waals surface area contributed by atoms with Gasteiger partial charge in [-0.3, -0.25) is 4.79 Å². The molecule has 1 aliphatic rings. The number of hydrogen-bond donors (Lipinski definition) is 1. The molecule has 4 aromatic rings. The fourth-order valence-corrected chi connectivity index (χ4v) is 4.24. The van der Waals surface area contributed by atoms with Crippen molar-refractivity contribution in [1.82, 2.24) is 19.9 Å². The van der Waals surface area contributed by atoms with Gasteiger partial charge in [0.05, 0.1) is 18.8 Å². The van der Waals surface area contributed by atoms with E-state index in [-0.39, 0.29) is 24.2 Å². The molecule has 3 heterocycles. The molecule has 202 valence electrons. The molecule has 0 unspecified atom stereocenters. The summed E-state index contributed by atoms with van der Waals surface area (Å²) in [5.74, 6) is 1.55. The van der Waals surface area contributed by atoms with E-state index in [1.165, 1.54) is 26.6 Å². The fourth-order valence-electron chi connectivity index (χ4n) is 4.24. The van der Waals surface area contributed by atoms with Gasteiger partial charge in [-0.1, -0.05) is 6.07 Å². The second-order valence-electron chi connectivity index (χ2n) is 8.90. The minimum atomic E-state index is -4.53. The number of benzene rings is 2. The molecule has 2 aromatic carbocycles. The van der Waals surface area contributed by atoms with Crippen molar-refractivity contribution in [3.63, 3.8) is 0 Å². The van der Waals surface area contributed by atoms with Gasteiger partial charge in [-0.25, -0.2) is 15.0 Å². The Labute approximate surface area is 221 Å². The van der Waals surface area contributed by atoms with Crippen molar-refractivity contribution in [3.8, 4) is 17.2 Å². The second-order valence-corrected chi connectivity index (χ2v) is 8.90. The number of likely N-dealkylation sites (tertiary alicyclic amines) is 1. The van der Waals surface area contributed by atoms with Gasteiger partial charge in [0.2, 0.25) is 5.91 Å². The van der Waals surface area contributed by atoms with Crippen LogP contribution in [0.4, 0.5) is 24.7 Å². The number of carbonyl (C=O) groups excluding carboxylic acids is 1. The number of hydrogen-bond acceptors (Lipinski definition) is 8. The van der Waals surface area contributed by atoms with Crippen LogP contribution in [-0.4, -0.2) is 59.7 Å². The number of aromatic nitrogens is 3. The number of alkyl halides is 3. The molecule has 9 nitrogen and oxygen atoms in total. The van der Waals surface area contributed by atoms with Crippen LogP contribution in [0, 0.1) is 0 Å². The van der Waals surface area contributed by atoms with Gasteiger partial charge in [0.15, 0.2) is 11.5 Å². The fraction of sp³-hybridized carbons (Fsp3) is 0.259. The first-order chi connectivity index (χ1) is 18.7. The summed E-state index contributed by atoms with van der Waals surface area (Å²) in [7, 11) is 2.96. The van der Waals surface area contributed by atoms with E-state index in [2.05, 4.69) is 20.3 Å². The molecule has 0 saturated carbocycles. The number of rotatable bonds is 8. The Kier molecular flexibility index (Phi) is 7.20. The van der Waals surface area contributed by atoms with Crippen molar-refractivity contribution in [2.75, 3.05) is 39.2 Å². The quantitative estimate of drug-likeness (QED) is 0.328. The first-order valence-electron chi connectivity index (χ1n) is 11.9. The van der Waals surface area contributed by atoms with Gasteiger partial charge in [-0.2, -0.15) is 13.2 Å². The Balaban J connectivity index is 1.33. The van der Waals surface area contributed by atoms with Crippen molar-refractivity contribution in [2.24, 2.45) is 0 Å². The highest BCUT2D eigenvalue weighted by Gasteiger charge is 2.33. The summed E-state index contributed by atoms with van der Waals surface area (Å²) in [6.07, 6.45) is -2.06. The number of carbonyl (C=O) groups is 1. The molecule has 0 aliphatic carbocycles. The zero-order chi connectivity index (χ0) is 27.6. The van der Waals surface area contributed by atoms with E-state index in [0.29, 0.717) is 36.1 Å². The van der Waals surface area contributed by atoms with E-state index in [1.807, 2.05) is 18.2 Å². The summed E-state index contributed by atoms with van der Waals surface area (Å²) in [5.41, 5.74) is 1.48. The number of anilines is 2. The van der Waals surface area contributed by atoms with Gasteiger partial charge in [0.25, 0.3) is 0 Å². The predicted molar refractivity (Wildman–Crippen MR) is 136 cm³/mol. The average Bonchev–Trinajstić information content (AvgIpc) is 2.89. The Bertz CT molecular complexity index is 1490. The van der Waals surface area contributed by atoms with Gasteiger partial charge in [-0.15, -0.1) is 0 Å². The number of amides is 1. The maximum absolute atomic E-state index is 12.8. The molecule has 0 atom stereocenters. The zero-order valence-electron chi connectivity index (χ0n) is 21.0.